The molecule has 1 aromatic carbocycles. The number of halogens is 1. The summed E-state index contributed by atoms with van der Waals surface area (Å²) in [4.78, 5) is 12.4. The fourth-order valence-corrected chi connectivity index (χ4v) is 5.34. The summed E-state index contributed by atoms with van der Waals surface area (Å²) in [5, 5.41) is 3.58. The van der Waals surface area contributed by atoms with Crippen molar-refractivity contribution in [1.29, 1.82) is 0 Å². The molecule has 1 fully saturated rings. The zero-order valence-electron chi connectivity index (χ0n) is 14.5. The van der Waals surface area contributed by atoms with Gasteiger partial charge in [-0.15, -0.1) is 0 Å². The number of aromatic nitrogens is 1. The molecule has 1 amide bonds. The van der Waals surface area contributed by atoms with E-state index in [4.69, 9.17) is 11.6 Å². The number of hydrogen-bond donors (Lipinski definition) is 1. The van der Waals surface area contributed by atoms with E-state index >= 15 is 0 Å². The van der Waals surface area contributed by atoms with Crippen LogP contribution in [0.25, 0.3) is 0 Å². The standard InChI is InChI=1S/C19H23ClN2O3S/c20-18-5-3-16(4-6-18)17(13-22-8-1-2-9-22)11-19(23)21-12-15-7-10-26(24,25)14-15/h1-6,8-9,15,17H,7,10-14H2,(H,21,23)/t15-,17-/m0/s1. The number of benzene rings is 1. The van der Waals surface area contributed by atoms with Crippen molar-refractivity contribution in [2.45, 2.75) is 25.3 Å². The van der Waals surface area contributed by atoms with Gasteiger partial charge >= 0.3 is 0 Å². The molecule has 2 atom stereocenters. The highest BCUT2D eigenvalue weighted by molar-refractivity contribution is 7.91. The smallest absolute Gasteiger partial charge is 0.220 e. The minimum Gasteiger partial charge on any atom is -0.356 e. The molecule has 0 unspecified atom stereocenters. The number of nitrogens with one attached hydrogen (secondary N) is 1. The zero-order valence-corrected chi connectivity index (χ0v) is 16.0. The predicted octanol–water partition coefficient (Wildman–Crippen LogP) is 2.87. The average molecular weight is 395 g/mol. The summed E-state index contributed by atoms with van der Waals surface area (Å²) in [6.45, 7) is 1.12. The Morgan fingerprint density at radius 3 is 2.54 bits per heavy atom. The van der Waals surface area contributed by atoms with Crippen LogP contribution >= 0.6 is 11.6 Å². The van der Waals surface area contributed by atoms with Crippen LogP contribution in [0.1, 0.15) is 24.3 Å². The van der Waals surface area contributed by atoms with Crippen molar-refractivity contribution in [2.75, 3.05) is 18.1 Å². The van der Waals surface area contributed by atoms with Crippen LogP contribution in [-0.4, -0.2) is 36.9 Å². The van der Waals surface area contributed by atoms with Gasteiger partial charge < -0.3 is 9.88 Å². The fourth-order valence-electron chi connectivity index (χ4n) is 3.36. The third-order valence-corrected chi connectivity index (χ3v) is 6.87. The second-order valence-corrected chi connectivity index (χ2v) is 9.57. The lowest BCUT2D eigenvalue weighted by atomic mass is 9.95. The van der Waals surface area contributed by atoms with E-state index in [-0.39, 0.29) is 29.2 Å². The number of hydrogen-bond acceptors (Lipinski definition) is 3. The minimum absolute atomic E-state index is 0.0203. The summed E-state index contributed by atoms with van der Waals surface area (Å²) in [5.74, 6) is 0.405. The van der Waals surface area contributed by atoms with Crippen molar-refractivity contribution >= 4 is 27.3 Å². The molecule has 140 valence electrons. The van der Waals surface area contributed by atoms with Crippen molar-refractivity contribution in [2.24, 2.45) is 5.92 Å². The molecule has 0 radical (unpaired) electrons. The molecule has 0 aliphatic carbocycles. The van der Waals surface area contributed by atoms with Crippen molar-refractivity contribution in [3.63, 3.8) is 0 Å². The molecule has 2 aromatic rings. The highest BCUT2D eigenvalue weighted by Gasteiger charge is 2.28. The van der Waals surface area contributed by atoms with Gasteiger partial charge in [-0.2, -0.15) is 0 Å². The Labute approximate surface area is 159 Å². The molecular weight excluding hydrogens is 372 g/mol. The molecule has 1 aliphatic heterocycles. The number of carbonyl (C=O) groups excluding carboxylic acids is 1. The van der Waals surface area contributed by atoms with E-state index in [2.05, 4.69) is 9.88 Å². The van der Waals surface area contributed by atoms with Crippen LogP contribution < -0.4 is 5.32 Å². The Hall–Kier alpha value is -1.79. The van der Waals surface area contributed by atoms with Crippen LogP contribution in [0.4, 0.5) is 0 Å². The van der Waals surface area contributed by atoms with Gasteiger partial charge in [-0.25, -0.2) is 8.42 Å². The Balaban J connectivity index is 1.61. The minimum atomic E-state index is -2.91. The summed E-state index contributed by atoms with van der Waals surface area (Å²) >= 11 is 5.98. The second-order valence-electron chi connectivity index (χ2n) is 6.91. The molecular formula is C19H23ClN2O3S. The van der Waals surface area contributed by atoms with E-state index in [1.165, 1.54) is 0 Å². The monoisotopic (exact) mass is 394 g/mol. The lowest BCUT2D eigenvalue weighted by molar-refractivity contribution is -0.121. The lowest BCUT2D eigenvalue weighted by Gasteiger charge is -2.19. The first-order valence-corrected chi connectivity index (χ1v) is 10.9. The fraction of sp³-hybridized carbons (Fsp3) is 0.421. The van der Waals surface area contributed by atoms with Gasteiger partial charge in [0.1, 0.15) is 0 Å². The van der Waals surface area contributed by atoms with Gasteiger partial charge in [-0.1, -0.05) is 23.7 Å². The molecule has 26 heavy (non-hydrogen) atoms. The average Bonchev–Trinajstić information content (AvgIpc) is 3.22. The summed E-state index contributed by atoms with van der Waals surface area (Å²) in [6, 6.07) is 11.5. The summed E-state index contributed by atoms with van der Waals surface area (Å²) < 4.78 is 25.1. The van der Waals surface area contributed by atoms with E-state index in [0.717, 1.165) is 5.56 Å². The van der Waals surface area contributed by atoms with E-state index in [1.807, 2.05) is 48.8 Å². The van der Waals surface area contributed by atoms with E-state index in [9.17, 15) is 13.2 Å². The number of nitrogens with zero attached hydrogens (tertiary/aromatic N) is 1. The Morgan fingerprint density at radius 2 is 1.92 bits per heavy atom. The highest BCUT2D eigenvalue weighted by atomic mass is 35.5. The normalized spacial score (nSPS) is 20.0. The molecule has 5 nitrogen and oxygen atoms in total. The Bertz CT molecular complexity index is 832. The SMILES string of the molecule is O=C(C[C@@H](Cn1cccc1)c1ccc(Cl)cc1)NC[C@@H]1CCS(=O)(=O)C1. The maximum absolute atomic E-state index is 12.4. The van der Waals surface area contributed by atoms with Gasteiger partial charge in [0, 0.05) is 42.8 Å². The summed E-state index contributed by atoms with van der Waals surface area (Å²) in [6.07, 6.45) is 4.93. The van der Waals surface area contributed by atoms with Crippen LogP contribution in [-0.2, 0) is 21.2 Å². The molecule has 0 spiro atoms. The van der Waals surface area contributed by atoms with Crippen LogP contribution in [0.5, 0.6) is 0 Å². The van der Waals surface area contributed by atoms with Gasteiger partial charge in [-0.3, -0.25) is 4.79 Å². The first-order valence-electron chi connectivity index (χ1n) is 8.74. The topological polar surface area (TPSA) is 68.2 Å². The third kappa shape index (κ3) is 5.35. The van der Waals surface area contributed by atoms with Crippen LogP contribution in [0.15, 0.2) is 48.8 Å². The van der Waals surface area contributed by atoms with Gasteiger partial charge in [0.15, 0.2) is 9.84 Å². The number of carbonyl (C=O) groups is 1. The molecule has 0 saturated carbocycles. The quantitative estimate of drug-likeness (QED) is 0.785. The van der Waals surface area contributed by atoms with E-state index < -0.39 is 9.84 Å². The molecule has 1 N–H and O–H groups in total. The first-order chi connectivity index (χ1) is 12.4. The maximum Gasteiger partial charge on any atom is 0.220 e. The number of sulfone groups is 1. The van der Waals surface area contributed by atoms with Crippen LogP contribution in [0.3, 0.4) is 0 Å². The van der Waals surface area contributed by atoms with Crippen LogP contribution in [0.2, 0.25) is 5.02 Å². The molecule has 2 heterocycles. The number of amides is 1. The Kier molecular flexibility index (Phi) is 6.04. The molecule has 1 aromatic heterocycles. The van der Waals surface area contributed by atoms with E-state index in [0.29, 0.717) is 31.0 Å². The van der Waals surface area contributed by atoms with Gasteiger partial charge in [0.25, 0.3) is 0 Å². The molecule has 1 saturated heterocycles. The van der Waals surface area contributed by atoms with Gasteiger partial charge in [0.2, 0.25) is 5.91 Å². The number of rotatable bonds is 7. The summed E-state index contributed by atoms with van der Waals surface area (Å²) in [5.41, 5.74) is 1.06. The van der Waals surface area contributed by atoms with Crippen molar-refractivity contribution in [3.8, 4) is 0 Å². The van der Waals surface area contributed by atoms with Gasteiger partial charge in [0.05, 0.1) is 11.5 Å². The third-order valence-electron chi connectivity index (χ3n) is 4.79. The molecule has 0 bridgehead atoms. The van der Waals surface area contributed by atoms with Gasteiger partial charge in [-0.05, 0) is 42.2 Å². The van der Waals surface area contributed by atoms with Crippen molar-refractivity contribution in [3.05, 3.63) is 59.4 Å². The highest BCUT2D eigenvalue weighted by Crippen LogP contribution is 2.24. The van der Waals surface area contributed by atoms with E-state index in [1.54, 1.807) is 0 Å². The zero-order chi connectivity index (χ0) is 18.6. The first kappa shape index (κ1) is 19.0. The summed E-state index contributed by atoms with van der Waals surface area (Å²) in [7, 11) is -2.91. The molecule has 3 rings (SSSR count). The Morgan fingerprint density at radius 1 is 1.23 bits per heavy atom. The molecule has 1 aliphatic rings. The van der Waals surface area contributed by atoms with Crippen molar-refractivity contribution < 1.29 is 13.2 Å². The molecule has 7 heteroatoms. The second kappa shape index (κ2) is 8.27. The maximum atomic E-state index is 12.4. The predicted molar refractivity (Wildman–Crippen MR) is 103 cm³/mol. The van der Waals surface area contributed by atoms with Crippen LogP contribution in [0, 0.1) is 5.92 Å². The lowest BCUT2D eigenvalue weighted by Crippen LogP contribution is -2.31. The van der Waals surface area contributed by atoms with Crippen molar-refractivity contribution in [1.82, 2.24) is 9.88 Å². The largest absolute Gasteiger partial charge is 0.356 e.